The number of aromatic amines is 1. The molecule has 3 aliphatic rings. The predicted molar refractivity (Wildman–Crippen MR) is 141 cm³/mol. The van der Waals surface area contributed by atoms with E-state index in [0.29, 0.717) is 36.3 Å². The molecular weight excluding hydrogens is 438 g/mol. The number of fused-ring (bicyclic) bond motifs is 2. The molecule has 0 spiro atoms. The Labute approximate surface area is 207 Å². The number of likely N-dealkylation sites (tertiary alicyclic amines) is 1. The number of H-pyrrole nitrogens is 1. The van der Waals surface area contributed by atoms with E-state index in [-0.39, 0.29) is 0 Å². The second-order valence-electron chi connectivity index (χ2n) is 10.0. The van der Waals surface area contributed by atoms with Crippen molar-refractivity contribution in [3.05, 3.63) is 29.5 Å². The summed E-state index contributed by atoms with van der Waals surface area (Å²) in [6, 6.07) is 7.71. The van der Waals surface area contributed by atoms with Crippen molar-refractivity contribution in [1.82, 2.24) is 25.0 Å². The van der Waals surface area contributed by atoms with Gasteiger partial charge < -0.3 is 15.5 Å². The van der Waals surface area contributed by atoms with Crippen LogP contribution >= 0.6 is 0 Å². The number of hydrogen-bond donors (Lipinski definition) is 3. The Kier molecular flexibility index (Phi) is 6.84. The van der Waals surface area contributed by atoms with Gasteiger partial charge in [-0.1, -0.05) is 12.2 Å². The summed E-state index contributed by atoms with van der Waals surface area (Å²) in [5.41, 5.74) is 2.89. The smallest absolute Gasteiger partial charge is 0.153 e. The summed E-state index contributed by atoms with van der Waals surface area (Å²) < 4.78 is 0. The molecule has 0 saturated carbocycles. The quantitative estimate of drug-likeness (QED) is 0.467. The van der Waals surface area contributed by atoms with Crippen LogP contribution < -0.4 is 10.6 Å². The number of piperidine rings is 1. The lowest BCUT2D eigenvalue weighted by Crippen LogP contribution is -2.47. The number of nitrogens with one attached hydrogen (secondary N) is 3. The molecule has 184 valence electrons. The first-order chi connectivity index (χ1) is 17.1. The number of aromatic nitrogens is 3. The zero-order valence-electron chi connectivity index (χ0n) is 20.7. The summed E-state index contributed by atoms with van der Waals surface area (Å²) in [6.07, 6.45) is 9.20. The second kappa shape index (κ2) is 10.2. The maximum Gasteiger partial charge on any atom is 0.153 e. The lowest BCUT2D eigenvalue weighted by atomic mass is 9.96. The van der Waals surface area contributed by atoms with Gasteiger partial charge in [-0.3, -0.25) is 15.0 Å². The zero-order valence-corrected chi connectivity index (χ0v) is 20.7. The van der Waals surface area contributed by atoms with Crippen LogP contribution in [0.2, 0.25) is 0 Å². The van der Waals surface area contributed by atoms with Crippen molar-refractivity contribution >= 4 is 35.9 Å². The molecule has 9 nitrogen and oxygen atoms in total. The fourth-order valence-corrected chi connectivity index (χ4v) is 5.94. The minimum Gasteiger partial charge on any atom is -0.367 e. The van der Waals surface area contributed by atoms with Crippen molar-refractivity contribution in [3.63, 3.8) is 0 Å². The molecule has 9 heteroatoms. The van der Waals surface area contributed by atoms with E-state index in [1.807, 2.05) is 25.1 Å². The molecule has 0 amide bonds. The maximum atomic E-state index is 9.02. The van der Waals surface area contributed by atoms with E-state index in [4.69, 9.17) is 10.2 Å². The third kappa shape index (κ3) is 4.95. The fraction of sp³-hybridized carbons (Fsp3) is 0.538. The van der Waals surface area contributed by atoms with E-state index < -0.39 is 0 Å². The molecule has 0 aromatic carbocycles. The summed E-state index contributed by atoms with van der Waals surface area (Å²) in [5.74, 6) is 2.78. The van der Waals surface area contributed by atoms with Crippen LogP contribution in [0.5, 0.6) is 0 Å². The van der Waals surface area contributed by atoms with Gasteiger partial charge in [-0.2, -0.15) is 10.4 Å². The molecule has 3 fully saturated rings. The van der Waals surface area contributed by atoms with E-state index >= 15 is 0 Å². The molecule has 5 heterocycles. The number of pyridine rings is 1. The highest BCUT2D eigenvalue weighted by Gasteiger charge is 2.40. The number of aliphatic imine (C=N–C) groups is 1. The normalized spacial score (nSPS) is 24.9. The van der Waals surface area contributed by atoms with Crippen molar-refractivity contribution in [2.75, 3.05) is 37.3 Å². The Bertz CT molecular complexity index is 1110. The Balaban J connectivity index is 1.34. The topological polar surface area (TPSA) is 108 Å². The Morgan fingerprint density at radius 3 is 2.69 bits per heavy atom. The highest BCUT2D eigenvalue weighted by molar-refractivity contribution is 5.78. The molecule has 0 aliphatic carbocycles. The van der Waals surface area contributed by atoms with Crippen LogP contribution in [-0.4, -0.2) is 76.5 Å². The van der Waals surface area contributed by atoms with E-state index in [9.17, 15) is 0 Å². The van der Waals surface area contributed by atoms with Crippen molar-refractivity contribution in [2.45, 2.75) is 63.1 Å². The first-order valence-corrected chi connectivity index (χ1v) is 12.6. The van der Waals surface area contributed by atoms with Crippen molar-refractivity contribution in [1.29, 1.82) is 5.26 Å². The summed E-state index contributed by atoms with van der Waals surface area (Å²) in [5, 5.41) is 23.8. The molecule has 2 aromatic rings. The SMILES string of the molecule is C=Nc1cc(Nc2cc(C3CN(C)C3)[nH]n2)nc(N[C@@H]2C[C@H]3CC[C@@H](C2)N3CCC#N)c1/C=C\C. The lowest BCUT2D eigenvalue weighted by Gasteiger charge is -2.39. The van der Waals surface area contributed by atoms with Crippen LogP contribution in [0.1, 0.15) is 56.2 Å². The van der Waals surface area contributed by atoms with Gasteiger partial charge in [0.15, 0.2) is 5.82 Å². The zero-order chi connectivity index (χ0) is 24.4. The standard InChI is InChI=1S/C26H35N9/c1-4-6-21-23(28-2)14-24(30-25-13-22(32-33-25)17-15-34(3)16-17)31-26(21)29-18-11-19-7-8-20(12-18)35(19)10-5-9-27/h4,6,13-14,17-20H,2,5,7-8,10-12,15-16H2,1,3H3,(H3,29,30,31,32,33)/b6-4-/t18-,19-,20+. The molecule has 5 rings (SSSR count). The van der Waals surface area contributed by atoms with Crippen LogP contribution in [0, 0.1) is 11.3 Å². The summed E-state index contributed by atoms with van der Waals surface area (Å²) in [4.78, 5) is 14.1. The lowest BCUT2D eigenvalue weighted by molar-refractivity contribution is 0.135. The number of nitrogens with zero attached hydrogens (tertiary/aromatic N) is 6. The van der Waals surface area contributed by atoms with Gasteiger partial charge in [0.25, 0.3) is 0 Å². The monoisotopic (exact) mass is 473 g/mol. The first-order valence-electron chi connectivity index (χ1n) is 12.6. The molecule has 2 aromatic heterocycles. The van der Waals surface area contributed by atoms with Gasteiger partial charge in [-0.25, -0.2) is 4.98 Å². The number of hydrogen-bond acceptors (Lipinski definition) is 8. The van der Waals surface area contributed by atoms with Crippen molar-refractivity contribution in [2.24, 2.45) is 4.99 Å². The van der Waals surface area contributed by atoms with Crippen LogP contribution in [0.3, 0.4) is 0 Å². The number of nitriles is 1. The molecule has 3 N–H and O–H groups in total. The summed E-state index contributed by atoms with van der Waals surface area (Å²) in [7, 11) is 2.13. The first kappa shape index (κ1) is 23.5. The third-order valence-corrected chi connectivity index (χ3v) is 7.61. The van der Waals surface area contributed by atoms with Gasteiger partial charge in [-0.05, 0) is 46.4 Å². The van der Waals surface area contributed by atoms with Crippen LogP contribution in [-0.2, 0) is 0 Å². The van der Waals surface area contributed by atoms with Crippen molar-refractivity contribution in [3.8, 4) is 6.07 Å². The Morgan fingerprint density at radius 1 is 1.26 bits per heavy atom. The van der Waals surface area contributed by atoms with Gasteiger partial charge in [0.2, 0.25) is 0 Å². The molecule has 3 aliphatic heterocycles. The molecule has 3 saturated heterocycles. The molecular formula is C26H35N9. The summed E-state index contributed by atoms with van der Waals surface area (Å²) >= 11 is 0. The van der Waals surface area contributed by atoms with E-state index in [1.165, 1.54) is 12.8 Å². The number of allylic oxidation sites excluding steroid dienone is 1. The van der Waals surface area contributed by atoms with Gasteiger partial charge in [-0.15, -0.1) is 0 Å². The average molecular weight is 474 g/mol. The Hall–Kier alpha value is -3.22. The molecule has 3 atom stereocenters. The molecule has 0 unspecified atom stereocenters. The highest BCUT2D eigenvalue weighted by Crippen LogP contribution is 2.38. The van der Waals surface area contributed by atoms with E-state index in [0.717, 1.165) is 61.1 Å². The molecule has 0 radical (unpaired) electrons. The fourth-order valence-electron chi connectivity index (χ4n) is 5.94. The van der Waals surface area contributed by atoms with Crippen molar-refractivity contribution < 1.29 is 0 Å². The average Bonchev–Trinajstić information content (AvgIpc) is 3.37. The predicted octanol–water partition coefficient (Wildman–Crippen LogP) is 4.26. The second-order valence-corrected chi connectivity index (χ2v) is 10.0. The summed E-state index contributed by atoms with van der Waals surface area (Å²) in [6.45, 7) is 8.79. The van der Waals surface area contributed by atoms with Crippen LogP contribution in [0.15, 0.2) is 23.2 Å². The van der Waals surface area contributed by atoms with Gasteiger partial charge in [0, 0.05) is 73.5 Å². The molecule has 2 bridgehead atoms. The largest absolute Gasteiger partial charge is 0.367 e. The Morgan fingerprint density at radius 2 is 2.03 bits per heavy atom. The highest BCUT2D eigenvalue weighted by atomic mass is 15.2. The minimum atomic E-state index is 0.336. The van der Waals surface area contributed by atoms with Gasteiger partial charge in [0.05, 0.1) is 11.8 Å². The van der Waals surface area contributed by atoms with Crippen LogP contribution in [0.25, 0.3) is 6.08 Å². The van der Waals surface area contributed by atoms with Crippen LogP contribution in [0.4, 0.5) is 23.1 Å². The number of rotatable bonds is 9. The molecule has 35 heavy (non-hydrogen) atoms. The number of anilines is 3. The van der Waals surface area contributed by atoms with Gasteiger partial charge >= 0.3 is 0 Å². The number of likely N-dealkylation sites (N-methyl/N-ethyl adjacent to an activating group) is 1. The maximum absolute atomic E-state index is 9.02. The third-order valence-electron chi connectivity index (χ3n) is 7.61. The van der Waals surface area contributed by atoms with Gasteiger partial charge in [0.1, 0.15) is 11.6 Å². The van der Waals surface area contributed by atoms with E-state index in [1.54, 1.807) is 0 Å². The minimum absolute atomic E-state index is 0.336. The van der Waals surface area contributed by atoms with E-state index in [2.05, 4.69) is 61.5 Å².